The van der Waals surface area contributed by atoms with Crippen molar-refractivity contribution < 1.29 is 4.79 Å². The Labute approximate surface area is 125 Å². The fraction of sp³-hybridized carbons (Fsp3) is 0.600. The van der Waals surface area contributed by atoms with Gasteiger partial charge in [-0.3, -0.25) is 4.79 Å². The number of halogens is 1. The van der Waals surface area contributed by atoms with Gasteiger partial charge in [-0.1, -0.05) is 25.4 Å². The number of carbonyl (C=O) groups excluding carboxylic acids is 1. The Bertz CT molecular complexity index is 492. The van der Waals surface area contributed by atoms with Crippen LogP contribution in [0.2, 0.25) is 5.02 Å². The second kappa shape index (κ2) is 6.44. The quantitative estimate of drug-likeness (QED) is 0.876. The lowest BCUT2D eigenvalue weighted by Crippen LogP contribution is -2.29. The number of nitrogens with one attached hydrogen (secondary N) is 1. The average Bonchev–Trinajstić information content (AvgIpc) is 3.11. The predicted octanol–water partition coefficient (Wildman–Crippen LogP) is 3.28. The van der Waals surface area contributed by atoms with E-state index in [0.29, 0.717) is 22.3 Å². The Morgan fingerprint density at radius 2 is 2.30 bits per heavy atom. The van der Waals surface area contributed by atoms with Crippen molar-refractivity contribution in [2.45, 2.75) is 26.7 Å². The van der Waals surface area contributed by atoms with Gasteiger partial charge in [-0.15, -0.1) is 0 Å². The first-order chi connectivity index (χ1) is 9.52. The molecular weight excluding hydrogens is 274 g/mol. The van der Waals surface area contributed by atoms with Gasteiger partial charge >= 0.3 is 0 Å². The SMILES string of the molecule is CCCNc1ncc(C(=O)N(C)CC2CC2C)cc1Cl. The molecule has 2 atom stereocenters. The van der Waals surface area contributed by atoms with Crippen LogP contribution in [0.5, 0.6) is 0 Å². The van der Waals surface area contributed by atoms with Crippen LogP contribution in [-0.2, 0) is 0 Å². The van der Waals surface area contributed by atoms with E-state index < -0.39 is 0 Å². The normalized spacial score (nSPS) is 20.6. The van der Waals surface area contributed by atoms with Gasteiger partial charge in [0.05, 0.1) is 10.6 Å². The lowest BCUT2D eigenvalue weighted by molar-refractivity contribution is 0.0786. The highest BCUT2D eigenvalue weighted by Gasteiger charge is 2.34. The van der Waals surface area contributed by atoms with Crippen molar-refractivity contribution in [1.29, 1.82) is 0 Å². The summed E-state index contributed by atoms with van der Waals surface area (Å²) in [6.07, 6.45) is 3.82. The smallest absolute Gasteiger partial charge is 0.255 e. The molecule has 1 heterocycles. The standard InChI is InChI=1S/C15H22ClN3O/c1-4-5-17-14-13(16)7-11(8-18-14)15(20)19(3)9-12-6-10(12)2/h7-8,10,12H,4-6,9H2,1-3H3,(H,17,18). The Hall–Kier alpha value is -1.29. The predicted molar refractivity (Wildman–Crippen MR) is 82.3 cm³/mol. The summed E-state index contributed by atoms with van der Waals surface area (Å²) in [5, 5.41) is 3.64. The van der Waals surface area contributed by atoms with Crippen LogP contribution in [0.1, 0.15) is 37.0 Å². The molecule has 1 N–H and O–H groups in total. The van der Waals surface area contributed by atoms with Gasteiger partial charge in [0.2, 0.25) is 0 Å². The number of amides is 1. The number of carbonyl (C=O) groups is 1. The van der Waals surface area contributed by atoms with E-state index in [1.165, 1.54) is 6.42 Å². The van der Waals surface area contributed by atoms with E-state index in [1.807, 2.05) is 7.05 Å². The number of aromatic nitrogens is 1. The van der Waals surface area contributed by atoms with E-state index in [0.717, 1.165) is 25.4 Å². The molecule has 4 nitrogen and oxygen atoms in total. The first kappa shape index (κ1) is 15.1. The fourth-order valence-electron chi connectivity index (χ4n) is 2.24. The summed E-state index contributed by atoms with van der Waals surface area (Å²) in [5.74, 6) is 2.02. The lowest BCUT2D eigenvalue weighted by Gasteiger charge is -2.17. The van der Waals surface area contributed by atoms with E-state index in [2.05, 4.69) is 24.1 Å². The van der Waals surface area contributed by atoms with E-state index in [-0.39, 0.29) is 5.91 Å². The molecule has 2 rings (SSSR count). The van der Waals surface area contributed by atoms with Gasteiger partial charge in [-0.25, -0.2) is 4.98 Å². The highest BCUT2D eigenvalue weighted by atomic mass is 35.5. The fourth-order valence-corrected chi connectivity index (χ4v) is 2.47. The minimum Gasteiger partial charge on any atom is -0.369 e. The van der Waals surface area contributed by atoms with Crippen molar-refractivity contribution in [3.05, 3.63) is 22.8 Å². The molecule has 1 aliphatic rings. The maximum Gasteiger partial charge on any atom is 0.255 e. The second-order valence-electron chi connectivity index (χ2n) is 5.64. The highest BCUT2D eigenvalue weighted by Crippen LogP contribution is 2.38. The highest BCUT2D eigenvalue weighted by molar-refractivity contribution is 6.33. The van der Waals surface area contributed by atoms with E-state index in [4.69, 9.17) is 11.6 Å². The number of hydrogen-bond acceptors (Lipinski definition) is 3. The molecule has 0 spiro atoms. The molecule has 20 heavy (non-hydrogen) atoms. The molecule has 1 aromatic heterocycles. The van der Waals surface area contributed by atoms with E-state index in [1.54, 1.807) is 17.2 Å². The molecule has 110 valence electrons. The topological polar surface area (TPSA) is 45.2 Å². The van der Waals surface area contributed by atoms with Crippen molar-refractivity contribution in [3.8, 4) is 0 Å². The Morgan fingerprint density at radius 1 is 1.60 bits per heavy atom. The number of rotatable bonds is 6. The van der Waals surface area contributed by atoms with Gasteiger partial charge in [-0.05, 0) is 30.7 Å². The summed E-state index contributed by atoms with van der Waals surface area (Å²) in [5.41, 5.74) is 0.549. The maximum atomic E-state index is 12.3. The van der Waals surface area contributed by atoms with Gasteiger partial charge in [0.25, 0.3) is 5.91 Å². The van der Waals surface area contributed by atoms with Crippen LogP contribution < -0.4 is 5.32 Å². The van der Waals surface area contributed by atoms with Crippen LogP contribution in [-0.4, -0.2) is 35.9 Å². The largest absolute Gasteiger partial charge is 0.369 e. The lowest BCUT2D eigenvalue weighted by atomic mass is 10.2. The summed E-state index contributed by atoms with van der Waals surface area (Å²) >= 11 is 6.16. The Morgan fingerprint density at radius 3 is 2.85 bits per heavy atom. The zero-order valence-corrected chi connectivity index (χ0v) is 13.1. The molecule has 1 aromatic rings. The van der Waals surface area contributed by atoms with Crippen LogP contribution in [0.4, 0.5) is 5.82 Å². The number of pyridine rings is 1. The van der Waals surface area contributed by atoms with Crippen LogP contribution in [0.3, 0.4) is 0 Å². The summed E-state index contributed by atoms with van der Waals surface area (Å²) in [7, 11) is 1.84. The van der Waals surface area contributed by atoms with Crippen molar-refractivity contribution >= 4 is 23.3 Å². The number of hydrogen-bond donors (Lipinski definition) is 1. The monoisotopic (exact) mass is 295 g/mol. The third kappa shape index (κ3) is 3.63. The Kier molecular flexibility index (Phi) is 4.86. The van der Waals surface area contributed by atoms with Crippen LogP contribution >= 0.6 is 11.6 Å². The molecule has 0 radical (unpaired) electrons. The molecule has 1 fully saturated rings. The summed E-state index contributed by atoms with van der Waals surface area (Å²) in [6.45, 7) is 5.93. The van der Waals surface area contributed by atoms with Crippen molar-refractivity contribution in [3.63, 3.8) is 0 Å². The van der Waals surface area contributed by atoms with Crippen molar-refractivity contribution in [1.82, 2.24) is 9.88 Å². The first-order valence-corrected chi connectivity index (χ1v) is 7.55. The summed E-state index contributed by atoms with van der Waals surface area (Å²) in [4.78, 5) is 18.3. The first-order valence-electron chi connectivity index (χ1n) is 7.17. The average molecular weight is 296 g/mol. The zero-order chi connectivity index (χ0) is 14.7. The number of anilines is 1. The van der Waals surface area contributed by atoms with Gasteiger partial charge in [0, 0.05) is 26.3 Å². The molecule has 0 aromatic carbocycles. The molecule has 1 amide bonds. The van der Waals surface area contributed by atoms with E-state index in [9.17, 15) is 4.79 Å². The Balaban J connectivity index is 2.00. The third-order valence-corrected chi connectivity index (χ3v) is 4.05. The van der Waals surface area contributed by atoms with Gasteiger partial charge in [-0.2, -0.15) is 0 Å². The third-order valence-electron chi connectivity index (χ3n) is 3.76. The van der Waals surface area contributed by atoms with Crippen molar-refractivity contribution in [2.75, 3.05) is 25.5 Å². The minimum absolute atomic E-state index is 0.0134. The molecule has 2 unspecified atom stereocenters. The van der Waals surface area contributed by atoms with Gasteiger partial charge in [0.15, 0.2) is 0 Å². The van der Waals surface area contributed by atoms with Gasteiger partial charge < -0.3 is 10.2 Å². The molecule has 1 aliphatic carbocycles. The van der Waals surface area contributed by atoms with Crippen LogP contribution in [0, 0.1) is 11.8 Å². The van der Waals surface area contributed by atoms with E-state index >= 15 is 0 Å². The van der Waals surface area contributed by atoms with Gasteiger partial charge in [0.1, 0.15) is 5.82 Å². The maximum absolute atomic E-state index is 12.3. The van der Waals surface area contributed by atoms with Crippen LogP contribution in [0.15, 0.2) is 12.3 Å². The molecule has 0 bridgehead atoms. The molecule has 1 saturated carbocycles. The minimum atomic E-state index is -0.0134. The zero-order valence-electron chi connectivity index (χ0n) is 12.3. The molecule has 0 aliphatic heterocycles. The summed E-state index contributed by atoms with van der Waals surface area (Å²) in [6, 6.07) is 1.70. The van der Waals surface area contributed by atoms with Crippen LogP contribution in [0.25, 0.3) is 0 Å². The summed E-state index contributed by atoms with van der Waals surface area (Å²) < 4.78 is 0. The molecule has 0 saturated heterocycles. The molecular formula is C15H22ClN3O. The van der Waals surface area contributed by atoms with Crippen molar-refractivity contribution in [2.24, 2.45) is 11.8 Å². The number of nitrogens with zero attached hydrogens (tertiary/aromatic N) is 2. The molecule has 5 heteroatoms. The second-order valence-corrected chi connectivity index (χ2v) is 6.05.